The first kappa shape index (κ1) is 15.9. The Morgan fingerprint density at radius 1 is 1.26 bits per heavy atom. The number of rotatable bonds is 5. The molecule has 1 aromatic rings. The van der Waals surface area contributed by atoms with Crippen LogP contribution in [0, 0.1) is 0 Å². The van der Waals surface area contributed by atoms with E-state index in [-0.39, 0.29) is 6.54 Å². The molecule has 0 saturated carbocycles. The van der Waals surface area contributed by atoms with E-state index in [0.29, 0.717) is 5.56 Å². The Balaban J connectivity index is 2.70. The molecule has 0 aliphatic heterocycles. The third-order valence-corrected chi connectivity index (χ3v) is 4.30. The summed E-state index contributed by atoms with van der Waals surface area (Å²) in [6.07, 6.45) is -4.41. The van der Waals surface area contributed by atoms with Gasteiger partial charge in [-0.15, -0.1) is 0 Å². The zero-order chi connectivity index (χ0) is 14.7. The molecule has 1 rings (SSSR count). The average Bonchev–Trinajstić information content (AvgIpc) is 2.35. The van der Waals surface area contributed by atoms with Gasteiger partial charge in [-0.25, -0.2) is 13.1 Å². The Hall–Kier alpha value is -1.12. The first-order valence-electron chi connectivity index (χ1n) is 5.42. The van der Waals surface area contributed by atoms with Gasteiger partial charge in [0.1, 0.15) is 0 Å². The normalized spacial score (nSPS) is 14.4. The lowest BCUT2D eigenvalue weighted by atomic mass is 10.1. The van der Waals surface area contributed by atoms with Crippen molar-refractivity contribution in [1.82, 2.24) is 4.72 Å². The number of sulfonamides is 1. The van der Waals surface area contributed by atoms with Crippen LogP contribution in [-0.2, 0) is 22.7 Å². The Bertz CT molecular complexity index is 511. The van der Waals surface area contributed by atoms with Gasteiger partial charge in [-0.2, -0.15) is 13.2 Å². The number of halogens is 3. The molecule has 19 heavy (non-hydrogen) atoms. The lowest BCUT2D eigenvalue weighted by Crippen LogP contribution is -2.34. The van der Waals surface area contributed by atoms with Crippen LogP contribution in [0.5, 0.6) is 0 Å². The van der Waals surface area contributed by atoms with Gasteiger partial charge in [0, 0.05) is 6.54 Å². The minimum Gasteiger partial charge on any atom is -0.395 e. The maximum atomic E-state index is 12.3. The van der Waals surface area contributed by atoms with Gasteiger partial charge in [-0.3, -0.25) is 0 Å². The van der Waals surface area contributed by atoms with Gasteiger partial charge in [0.2, 0.25) is 10.0 Å². The molecular weight excluding hydrogens is 283 g/mol. The summed E-state index contributed by atoms with van der Waals surface area (Å²) in [4.78, 5) is 0. The monoisotopic (exact) mass is 297 g/mol. The van der Waals surface area contributed by atoms with E-state index in [1.54, 1.807) is 0 Å². The predicted octanol–water partition coefficient (Wildman–Crippen LogP) is 1.51. The number of nitrogens with one attached hydrogen (secondary N) is 1. The van der Waals surface area contributed by atoms with Crippen LogP contribution in [0.15, 0.2) is 24.3 Å². The van der Waals surface area contributed by atoms with E-state index in [4.69, 9.17) is 5.11 Å². The van der Waals surface area contributed by atoms with Gasteiger partial charge >= 0.3 is 6.18 Å². The minimum absolute atomic E-state index is 0.120. The third kappa shape index (κ3) is 4.48. The van der Waals surface area contributed by atoms with Crippen molar-refractivity contribution < 1.29 is 26.7 Å². The van der Waals surface area contributed by atoms with E-state index in [0.717, 1.165) is 12.1 Å². The molecule has 1 aromatic carbocycles. The number of benzene rings is 1. The lowest BCUT2D eigenvalue weighted by molar-refractivity contribution is -0.137. The summed E-state index contributed by atoms with van der Waals surface area (Å²) < 4.78 is 62.2. The summed E-state index contributed by atoms with van der Waals surface area (Å²) in [5, 5.41) is 7.78. The predicted molar refractivity (Wildman–Crippen MR) is 63.8 cm³/mol. The van der Waals surface area contributed by atoms with E-state index in [1.165, 1.54) is 19.1 Å². The van der Waals surface area contributed by atoms with E-state index < -0.39 is 33.6 Å². The van der Waals surface area contributed by atoms with Gasteiger partial charge in [0.15, 0.2) is 0 Å². The van der Waals surface area contributed by atoms with Gasteiger partial charge in [0.05, 0.1) is 17.4 Å². The third-order valence-electron chi connectivity index (χ3n) is 2.55. The molecule has 1 atom stereocenters. The maximum absolute atomic E-state index is 12.3. The molecule has 1 unspecified atom stereocenters. The highest BCUT2D eigenvalue weighted by Gasteiger charge is 2.30. The van der Waals surface area contributed by atoms with Gasteiger partial charge in [-0.05, 0) is 24.6 Å². The van der Waals surface area contributed by atoms with E-state index in [9.17, 15) is 21.6 Å². The molecule has 2 N–H and O–H groups in total. The Kier molecular flexibility index (Phi) is 4.94. The minimum atomic E-state index is -4.41. The summed E-state index contributed by atoms with van der Waals surface area (Å²) in [5.41, 5.74) is -0.385. The highest BCUT2D eigenvalue weighted by atomic mass is 32.2. The van der Waals surface area contributed by atoms with Crippen molar-refractivity contribution in [2.24, 2.45) is 0 Å². The van der Waals surface area contributed by atoms with Crippen LogP contribution in [0.2, 0.25) is 0 Å². The van der Waals surface area contributed by atoms with Crippen LogP contribution >= 0.6 is 0 Å². The molecule has 0 aromatic heterocycles. The fourth-order valence-corrected chi connectivity index (χ4v) is 2.08. The summed E-state index contributed by atoms with van der Waals surface area (Å²) in [6.45, 7) is 0.683. The number of alkyl halides is 3. The van der Waals surface area contributed by atoms with E-state index >= 15 is 0 Å². The van der Waals surface area contributed by atoms with Crippen molar-refractivity contribution >= 4 is 10.0 Å². The van der Waals surface area contributed by atoms with Crippen LogP contribution in [0.3, 0.4) is 0 Å². The average molecular weight is 297 g/mol. The fraction of sp³-hybridized carbons (Fsp3) is 0.455. The molecule has 0 aliphatic carbocycles. The second kappa shape index (κ2) is 5.89. The van der Waals surface area contributed by atoms with Crippen LogP contribution in [0.4, 0.5) is 13.2 Å². The largest absolute Gasteiger partial charge is 0.416 e. The van der Waals surface area contributed by atoms with Crippen molar-refractivity contribution in [2.75, 3.05) is 6.61 Å². The molecule has 0 amide bonds. The molecule has 0 bridgehead atoms. The van der Waals surface area contributed by atoms with Gasteiger partial charge in [-0.1, -0.05) is 12.1 Å². The quantitative estimate of drug-likeness (QED) is 0.865. The lowest BCUT2D eigenvalue weighted by Gasteiger charge is -2.12. The Morgan fingerprint density at radius 2 is 1.79 bits per heavy atom. The first-order valence-corrected chi connectivity index (χ1v) is 6.97. The molecule has 0 saturated heterocycles. The van der Waals surface area contributed by atoms with Gasteiger partial charge < -0.3 is 5.11 Å². The second-order valence-electron chi connectivity index (χ2n) is 4.05. The summed E-state index contributed by atoms with van der Waals surface area (Å²) in [5.74, 6) is 0. The number of aliphatic hydroxyl groups excluding tert-OH is 1. The van der Waals surface area contributed by atoms with Crippen LogP contribution in [0.1, 0.15) is 18.1 Å². The number of hydrogen-bond acceptors (Lipinski definition) is 3. The van der Waals surface area contributed by atoms with Gasteiger partial charge in [0.25, 0.3) is 0 Å². The molecule has 0 radical (unpaired) electrons. The molecule has 0 spiro atoms. The van der Waals surface area contributed by atoms with Crippen LogP contribution in [0.25, 0.3) is 0 Å². The van der Waals surface area contributed by atoms with Crippen molar-refractivity contribution in [3.63, 3.8) is 0 Å². The molecule has 0 aliphatic rings. The van der Waals surface area contributed by atoms with E-state index in [1.807, 2.05) is 0 Å². The summed E-state index contributed by atoms with van der Waals surface area (Å²) in [6, 6.07) is 4.18. The fourth-order valence-electron chi connectivity index (χ4n) is 1.24. The SMILES string of the molecule is CC(CO)S(=O)(=O)NCc1ccc(C(F)(F)F)cc1. The highest BCUT2D eigenvalue weighted by molar-refractivity contribution is 7.90. The molecule has 4 nitrogen and oxygen atoms in total. The van der Waals surface area contributed by atoms with Crippen LogP contribution < -0.4 is 4.72 Å². The molecule has 8 heteroatoms. The summed E-state index contributed by atoms with van der Waals surface area (Å²) in [7, 11) is -3.67. The van der Waals surface area contributed by atoms with Crippen LogP contribution in [-0.4, -0.2) is 25.4 Å². The Labute approximate surface area is 109 Å². The maximum Gasteiger partial charge on any atom is 0.416 e. The second-order valence-corrected chi connectivity index (χ2v) is 6.24. The van der Waals surface area contributed by atoms with Crippen molar-refractivity contribution in [1.29, 1.82) is 0 Å². The summed E-state index contributed by atoms with van der Waals surface area (Å²) >= 11 is 0. The molecule has 0 fully saturated rings. The van der Waals surface area contributed by atoms with E-state index in [2.05, 4.69) is 4.72 Å². The number of aliphatic hydroxyl groups is 1. The van der Waals surface area contributed by atoms with Crippen molar-refractivity contribution in [3.05, 3.63) is 35.4 Å². The smallest absolute Gasteiger partial charge is 0.395 e. The highest BCUT2D eigenvalue weighted by Crippen LogP contribution is 2.29. The van der Waals surface area contributed by atoms with Crippen molar-refractivity contribution in [2.45, 2.75) is 24.9 Å². The molecule has 0 heterocycles. The standard InChI is InChI=1S/C11H14F3NO3S/c1-8(7-16)19(17,18)15-6-9-2-4-10(5-3-9)11(12,13)14/h2-5,8,15-16H,6-7H2,1H3. The zero-order valence-electron chi connectivity index (χ0n) is 10.1. The van der Waals surface area contributed by atoms with Crippen molar-refractivity contribution in [3.8, 4) is 0 Å². The molecule has 108 valence electrons. The zero-order valence-corrected chi connectivity index (χ0v) is 10.9. The topological polar surface area (TPSA) is 66.4 Å². The first-order chi connectivity index (χ1) is 8.66. The number of hydrogen-bond donors (Lipinski definition) is 2. The molecular formula is C11H14F3NO3S. The Morgan fingerprint density at radius 3 is 2.21 bits per heavy atom.